The second kappa shape index (κ2) is 5.35. The van der Waals surface area contributed by atoms with E-state index < -0.39 is 11.7 Å². The van der Waals surface area contributed by atoms with Gasteiger partial charge in [-0.05, 0) is 20.8 Å². The van der Waals surface area contributed by atoms with Crippen LogP contribution in [-0.2, 0) is 9.53 Å². The predicted molar refractivity (Wildman–Crippen MR) is 61.9 cm³/mol. The summed E-state index contributed by atoms with van der Waals surface area (Å²) in [6.45, 7) is 7.74. The number of ether oxygens (including phenoxy) is 1. The minimum atomic E-state index is -0.901. The molecule has 0 aromatic carbocycles. The first-order valence-corrected chi connectivity index (χ1v) is 5.70. The van der Waals surface area contributed by atoms with E-state index in [1.807, 2.05) is 25.7 Å². The number of carbonyl (C=O) groups is 2. The summed E-state index contributed by atoms with van der Waals surface area (Å²) >= 11 is 0. The number of carboxylic acid groups (broad SMARTS) is 1. The van der Waals surface area contributed by atoms with Crippen LogP contribution in [-0.4, -0.2) is 65.3 Å². The lowest BCUT2D eigenvalue weighted by atomic mass is 10.2. The van der Waals surface area contributed by atoms with Crippen molar-refractivity contribution in [2.45, 2.75) is 26.4 Å². The molecule has 1 aliphatic heterocycles. The molecule has 1 N–H and O–H groups in total. The molecule has 1 rings (SSSR count). The van der Waals surface area contributed by atoms with Gasteiger partial charge in [-0.3, -0.25) is 9.69 Å². The van der Waals surface area contributed by atoms with Gasteiger partial charge in [0.2, 0.25) is 0 Å². The third-order valence-corrected chi connectivity index (χ3v) is 2.42. The molecule has 98 valence electrons. The summed E-state index contributed by atoms with van der Waals surface area (Å²) in [6.07, 6.45) is -0.901. The second-order valence-electron chi connectivity index (χ2n) is 5.13. The van der Waals surface area contributed by atoms with Gasteiger partial charge in [-0.2, -0.15) is 0 Å². The van der Waals surface area contributed by atoms with Crippen molar-refractivity contribution in [2.75, 3.05) is 32.7 Å². The molecule has 0 aromatic rings. The Morgan fingerprint density at radius 3 is 2.12 bits per heavy atom. The molecule has 1 saturated heterocycles. The van der Waals surface area contributed by atoms with Crippen LogP contribution < -0.4 is 0 Å². The van der Waals surface area contributed by atoms with Crippen LogP contribution in [0.1, 0.15) is 20.8 Å². The first kappa shape index (κ1) is 13.8. The maximum atomic E-state index is 11.5. The Morgan fingerprint density at radius 1 is 1.18 bits per heavy atom. The van der Waals surface area contributed by atoms with Gasteiger partial charge < -0.3 is 14.7 Å². The van der Waals surface area contributed by atoms with E-state index in [0.29, 0.717) is 26.2 Å². The van der Waals surface area contributed by atoms with Crippen LogP contribution in [0.2, 0.25) is 0 Å². The van der Waals surface area contributed by atoms with E-state index in [-0.39, 0.29) is 12.5 Å². The second-order valence-corrected chi connectivity index (χ2v) is 5.13. The highest BCUT2D eigenvalue weighted by molar-refractivity contribution is 5.72. The molecule has 1 amide bonds. The third kappa shape index (κ3) is 5.04. The van der Waals surface area contributed by atoms with Gasteiger partial charge in [0.1, 0.15) is 5.60 Å². The Balaban J connectivity index is 2.31. The summed E-state index contributed by atoms with van der Waals surface area (Å²) in [4.78, 5) is 25.5. The fourth-order valence-electron chi connectivity index (χ4n) is 1.65. The van der Waals surface area contributed by atoms with E-state index in [0.717, 1.165) is 0 Å². The van der Waals surface area contributed by atoms with E-state index in [4.69, 9.17) is 9.84 Å². The molecule has 0 spiro atoms. The molecule has 0 aromatic heterocycles. The number of esters is 1. The highest BCUT2D eigenvalue weighted by Gasteiger charge is 2.24. The first-order chi connectivity index (χ1) is 7.78. The van der Waals surface area contributed by atoms with Crippen LogP contribution in [0.3, 0.4) is 0 Å². The van der Waals surface area contributed by atoms with E-state index >= 15 is 0 Å². The summed E-state index contributed by atoms with van der Waals surface area (Å²) < 4.78 is 5.20. The Kier molecular flexibility index (Phi) is 4.34. The van der Waals surface area contributed by atoms with Crippen LogP contribution in [0, 0.1) is 0 Å². The van der Waals surface area contributed by atoms with Crippen LogP contribution in [0.4, 0.5) is 4.79 Å². The molecule has 17 heavy (non-hydrogen) atoms. The van der Waals surface area contributed by atoms with E-state index in [1.165, 1.54) is 4.90 Å². The van der Waals surface area contributed by atoms with Gasteiger partial charge in [0, 0.05) is 26.2 Å². The number of nitrogens with zero attached hydrogens (tertiary/aromatic N) is 2. The van der Waals surface area contributed by atoms with Gasteiger partial charge in [-0.1, -0.05) is 0 Å². The van der Waals surface area contributed by atoms with E-state index in [2.05, 4.69) is 0 Å². The van der Waals surface area contributed by atoms with Gasteiger partial charge in [0.05, 0.1) is 6.54 Å². The summed E-state index contributed by atoms with van der Waals surface area (Å²) in [5, 5.41) is 8.78. The molecule has 1 aliphatic rings. The van der Waals surface area contributed by atoms with Crippen molar-refractivity contribution >= 4 is 12.1 Å². The zero-order valence-electron chi connectivity index (χ0n) is 10.6. The highest BCUT2D eigenvalue weighted by atomic mass is 16.6. The average molecular weight is 244 g/mol. The molecule has 1 heterocycles. The van der Waals surface area contributed by atoms with Crippen molar-refractivity contribution < 1.29 is 19.4 Å². The van der Waals surface area contributed by atoms with Crippen LogP contribution in [0.5, 0.6) is 0 Å². The summed E-state index contributed by atoms with van der Waals surface area (Å²) in [7, 11) is 0. The van der Waals surface area contributed by atoms with Crippen LogP contribution in [0.25, 0.3) is 0 Å². The lowest BCUT2D eigenvalue weighted by molar-refractivity contribution is -0.156. The van der Waals surface area contributed by atoms with Gasteiger partial charge >= 0.3 is 12.1 Å². The molecule has 0 unspecified atom stereocenters. The SMILES string of the molecule is CC(C)(C)OC(=O)CN1CCN(C(=O)O)CC1. The van der Waals surface area contributed by atoms with Gasteiger partial charge in [-0.25, -0.2) is 4.79 Å². The topological polar surface area (TPSA) is 70.1 Å². The monoisotopic (exact) mass is 244 g/mol. The van der Waals surface area contributed by atoms with Crippen molar-refractivity contribution in [1.29, 1.82) is 0 Å². The normalized spacial score (nSPS) is 17.9. The maximum absolute atomic E-state index is 11.5. The Morgan fingerprint density at radius 2 is 1.71 bits per heavy atom. The summed E-state index contributed by atoms with van der Waals surface area (Å²) in [5.41, 5.74) is -0.472. The molecular weight excluding hydrogens is 224 g/mol. The van der Waals surface area contributed by atoms with Gasteiger partial charge in [0.25, 0.3) is 0 Å². The smallest absolute Gasteiger partial charge is 0.407 e. The minimum absolute atomic E-state index is 0.227. The van der Waals surface area contributed by atoms with Crippen LogP contribution in [0.15, 0.2) is 0 Å². The molecule has 1 fully saturated rings. The van der Waals surface area contributed by atoms with Crippen molar-refractivity contribution in [1.82, 2.24) is 9.80 Å². The number of piperazine rings is 1. The number of amides is 1. The largest absolute Gasteiger partial charge is 0.465 e. The van der Waals surface area contributed by atoms with Crippen molar-refractivity contribution in [3.8, 4) is 0 Å². The van der Waals surface area contributed by atoms with E-state index in [1.54, 1.807) is 0 Å². The number of hydrogen-bond acceptors (Lipinski definition) is 4. The lowest BCUT2D eigenvalue weighted by Gasteiger charge is -2.33. The molecular formula is C11H20N2O4. The molecule has 6 nitrogen and oxygen atoms in total. The molecule has 0 bridgehead atoms. The van der Waals surface area contributed by atoms with Gasteiger partial charge in [0.15, 0.2) is 0 Å². The molecule has 0 aliphatic carbocycles. The zero-order valence-corrected chi connectivity index (χ0v) is 10.6. The van der Waals surface area contributed by atoms with Crippen molar-refractivity contribution in [2.24, 2.45) is 0 Å². The van der Waals surface area contributed by atoms with Crippen LogP contribution >= 0.6 is 0 Å². The average Bonchev–Trinajstić information content (AvgIpc) is 2.15. The molecule has 0 radical (unpaired) electrons. The Labute approximate surface area is 101 Å². The molecule has 6 heteroatoms. The number of rotatable bonds is 2. The fourth-order valence-corrected chi connectivity index (χ4v) is 1.65. The predicted octanol–water partition coefficient (Wildman–Crippen LogP) is 0.624. The standard InChI is InChI=1S/C11H20N2O4/c1-11(2,3)17-9(14)8-12-4-6-13(7-5-12)10(15)16/h4-8H2,1-3H3,(H,15,16). The minimum Gasteiger partial charge on any atom is -0.465 e. The van der Waals surface area contributed by atoms with E-state index in [9.17, 15) is 9.59 Å². The maximum Gasteiger partial charge on any atom is 0.407 e. The quantitative estimate of drug-likeness (QED) is 0.721. The first-order valence-electron chi connectivity index (χ1n) is 5.70. The fraction of sp³-hybridized carbons (Fsp3) is 0.818. The number of hydrogen-bond donors (Lipinski definition) is 1. The third-order valence-electron chi connectivity index (χ3n) is 2.42. The summed E-state index contributed by atoms with van der Waals surface area (Å²) in [6, 6.07) is 0. The van der Waals surface area contributed by atoms with Gasteiger partial charge in [-0.15, -0.1) is 0 Å². The van der Waals surface area contributed by atoms with Crippen molar-refractivity contribution in [3.05, 3.63) is 0 Å². The molecule has 0 atom stereocenters. The van der Waals surface area contributed by atoms with Crippen molar-refractivity contribution in [3.63, 3.8) is 0 Å². The number of carbonyl (C=O) groups excluding carboxylic acids is 1. The highest BCUT2D eigenvalue weighted by Crippen LogP contribution is 2.08. The lowest BCUT2D eigenvalue weighted by Crippen LogP contribution is -2.50. The molecule has 0 saturated carbocycles. The Hall–Kier alpha value is -1.30. The Bertz CT molecular complexity index is 290. The summed E-state index contributed by atoms with van der Waals surface area (Å²) in [5.74, 6) is -0.263. The zero-order chi connectivity index (χ0) is 13.1.